The molecule has 0 fully saturated rings. The summed E-state index contributed by atoms with van der Waals surface area (Å²) in [6.45, 7) is 7.19. The van der Waals surface area contributed by atoms with Gasteiger partial charge in [-0.25, -0.2) is 4.79 Å². The van der Waals surface area contributed by atoms with Crippen molar-refractivity contribution >= 4 is 5.97 Å². The molecule has 1 N–H and O–H groups in total. The summed E-state index contributed by atoms with van der Waals surface area (Å²) in [5.41, 5.74) is 3.16. The van der Waals surface area contributed by atoms with Crippen LogP contribution in [0, 0.1) is 6.92 Å². The molecule has 2 rings (SSSR count). The van der Waals surface area contributed by atoms with Crippen molar-refractivity contribution in [3.63, 3.8) is 0 Å². The predicted molar refractivity (Wildman–Crippen MR) is 79.7 cm³/mol. The van der Waals surface area contributed by atoms with Crippen LogP contribution in [0.15, 0.2) is 24.3 Å². The normalized spacial score (nSPS) is 10.6. The van der Waals surface area contributed by atoms with Crippen LogP contribution in [0.5, 0.6) is 5.75 Å². The molecular weight excluding hydrogens is 268 g/mol. The fraction of sp³-hybridized carbons (Fsp3) is 0.375. The van der Waals surface area contributed by atoms with Crippen LogP contribution in [0.2, 0.25) is 0 Å². The van der Waals surface area contributed by atoms with Gasteiger partial charge in [-0.1, -0.05) is 6.92 Å². The Balaban J connectivity index is 2.13. The van der Waals surface area contributed by atoms with Crippen LogP contribution in [-0.2, 0) is 19.6 Å². The molecule has 21 heavy (non-hydrogen) atoms. The van der Waals surface area contributed by atoms with Gasteiger partial charge >= 0.3 is 5.97 Å². The van der Waals surface area contributed by atoms with Gasteiger partial charge in [-0.15, -0.1) is 0 Å². The molecule has 1 heterocycles. The Labute approximate surface area is 124 Å². The van der Waals surface area contributed by atoms with E-state index < -0.39 is 5.97 Å². The number of carbonyl (C=O) groups is 1. The Morgan fingerprint density at radius 3 is 2.67 bits per heavy atom. The summed E-state index contributed by atoms with van der Waals surface area (Å²) in [7, 11) is 0. The number of nitrogens with zero attached hydrogens (tertiary/aromatic N) is 2. The highest BCUT2D eigenvalue weighted by Crippen LogP contribution is 2.20. The Hall–Kier alpha value is -2.30. The third kappa shape index (κ3) is 3.42. The highest BCUT2D eigenvalue weighted by molar-refractivity contribution is 5.88. The lowest BCUT2D eigenvalue weighted by molar-refractivity contribution is 0.0696. The number of aromatic carboxylic acids is 1. The average Bonchev–Trinajstić information content (AvgIpc) is 2.88. The van der Waals surface area contributed by atoms with Gasteiger partial charge in [0.1, 0.15) is 12.4 Å². The van der Waals surface area contributed by atoms with E-state index in [1.54, 1.807) is 18.2 Å². The topological polar surface area (TPSA) is 64.3 Å². The summed E-state index contributed by atoms with van der Waals surface area (Å²) in [5, 5.41) is 13.4. The van der Waals surface area contributed by atoms with E-state index in [9.17, 15) is 4.79 Å². The second-order valence-corrected chi connectivity index (χ2v) is 4.87. The summed E-state index contributed by atoms with van der Waals surface area (Å²) in [6, 6.07) is 6.92. The molecule has 0 aliphatic carbocycles. The molecule has 0 saturated carbocycles. The van der Waals surface area contributed by atoms with E-state index in [4.69, 9.17) is 9.84 Å². The molecule has 0 amide bonds. The Kier molecular flexibility index (Phi) is 4.62. The first-order chi connectivity index (χ1) is 10.0. The third-order valence-corrected chi connectivity index (χ3v) is 3.37. The van der Waals surface area contributed by atoms with Gasteiger partial charge in [-0.05, 0) is 50.1 Å². The zero-order valence-corrected chi connectivity index (χ0v) is 12.6. The van der Waals surface area contributed by atoms with E-state index >= 15 is 0 Å². The van der Waals surface area contributed by atoms with Crippen molar-refractivity contribution < 1.29 is 14.6 Å². The smallest absolute Gasteiger partial charge is 0.335 e. The monoisotopic (exact) mass is 288 g/mol. The lowest BCUT2D eigenvalue weighted by Gasteiger charge is -2.10. The van der Waals surface area contributed by atoms with Crippen molar-refractivity contribution in [3.05, 3.63) is 46.8 Å². The van der Waals surface area contributed by atoms with Crippen molar-refractivity contribution in [3.8, 4) is 5.75 Å². The van der Waals surface area contributed by atoms with E-state index in [2.05, 4.69) is 12.0 Å². The first-order valence-corrected chi connectivity index (χ1v) is 7.07. The number of aryl methyl sites for hydroxylation is 3. The molecule has 1 aromatic carbocycles. The van der Waals surface area contributed by atoms with Crippen molar-refractivity contribution in [1.82, 2.24) is 9.78 Å². The van der Waals surface area contributed by atoms with Crippen LogP contribution in [0.4, 0.5) is 0 Å². The molecule has 112 valence electrons. The average molecular weight is 288 g/mol. The molecule has 0 spiro atoms. The maximum atomic E-state index is 10.9. The zero-order chi connectivity index (χ0) is 15.4. The zero-order valence-electron chi connectivity index (χ0n) is 12.6. The maximum absolute atomic E-state index is 10.9. The lowest BCUT2D eigenvalue weighted by Crippen LogP contribution is -2.07. The van der Waals surface area contributed by atoms with Gasteiger partial charge in [0.15, 0.2) is 0 Å². The third-order valence-electron chi connectivity index (χ3n) is 3.37. The summed E-state index contributed by atoms with van der Waals surface area (Å²) in [5.74, 6) is -0.233. The van der Waals surface area contributed by atoms with Crippen molar-refractivity contribution in [2.24, 2.45) is 0 Å². The van der Waals surface area contributed by atoms with Crippen LogP contribution >= 0.6 is 0 Å². The summed E-state index contributed by atoms with van der Waals surface area (Å²) in [4.78, 5) is 10.9. The molecule has 0 atom stereocenters. The molecule has 0 aliphatic heterocycles. The van der Waals surface area contributed by atoms with E-state index in [0.717, 1.165) is 29.9 Å². The molecule has 5 heteroatoms. The Morgan fingerprint density at radius 1 is 1.33 bits per heavy atom. The number of hydrogen-bond acceptors (Lipinski definition) is 3. The van der Waals surface area contributed by atoms with Gasteiger partial charge in [-0.2, -0.15) is 5.10 Å². The lowest BCUT2D eigenvalue weighted by atomic mass is 10.1. The number of hydrogen-bond donors (Lipinski definition) is 1. The minimum atomic E-state index is -0.929. The van der Waals surface area contributed by atoms with E-state index in [-0.39, 0.29) is 5.56 Å². The van der Waals surface area contributed by atoms with Crippen LogP contribution in [0.1, 0.15) is 41.2 Å². The molecule has 1 aromatic heterocycles. The molecule has 5 nitrogen and oxygen atoms in total. The van der Waals surface area contributed by atoms with Crippen LogP contribution < -0.4 is 4.74 Å². The van der Waals surface area contributed by atoms with E-state index in [1.807, 2.05) is 24.6 Å². The quantitative estimate of drug-likeness (QED) is 0.887. The number of ether oxygens (including phenoxy) is 1. The predicted octanol–water partition coefficient (Wildman–Crippen LogP) is 3.05. The van der Waals surface area contributed by atoms with Gasteiger partial charge < -0.3 is 9.84 Å². The second-order valence-electron chi connectivity index (χ2n) is 4.87. The van der Waals surface area contributed by atoms with Gasteiger partial charge in [0.2, 0.25) is 0 Å². The van der Waals surface area contributed by atoms with E-state index in [1.165, 1.54) is 0 Å². The SMILES string of the molecule is CCc1cc(COc2ccc(C(=O)O)cc2C)n(CC)n1. The molecule has 0 radical (unpaired) electrons. The molecule has 0 bridgehead atoms. The number of aromatic nitrogens is 2. The molecule has 0 aliphatic rings. The fourth-order valence-electron chi connectivity index (χ4n) is 2.17. The molecule has 0 unspecified atom stereocenters. The number of carboxylic acid groups (broad SMARTS) is 1. The van der Waals surface area contributed by atoms with Crippen molar-refractivity contribution in [1.29, 1.82) is 0 Å². The number of benzene rings is 1. The molecular formula is C16H20N2O3. The van der Waals surface area contributed by atoms with Crippen molar-refractivity contribution in [2.45, 2.75) is 40.3 Å². The van der Waals surface area contributed by atoms with Crippen LogP contribution in [0.3, 0.4) is 0 Å². The molecule has 0 saturated heterocycles. The fourth-order valence-corrected chi connectivity index (χ4v) is 2.17. The van der Waals surface area contributed by atoms with Gasteiger partial charge in [0.05, 0.1) is 17.0 Å². The Bertz CT molecular complexity index is 647. The highest BCUT2D eigenvalue weighted by Gasteiger charge is 2.09. The minimum absolute atomic E-state index is 0.270. The number of carboxylic acids is 1. The largest absolute Gasteiger partial charge is 0.487 e. The van der Waals surface area contributed by atoms with Crippen molar-refractivity contribution in [2.75, 3.05) is 0 Å². The maximum Gasteiger partial charge on any atom is 0.335 e. The summed E-state index contributed by atoms with van der Waals surface area (Å²) >= 11 is 0. The minimum Gasteiger partial charge on any atom is -0.487 e. The number of rotatable bonds is 6. The van der Waals surface area contributed by atoms with Gasteiger partial charge in [0.25, 0.3) is 0 Å². The second kappa shape index (κ2) is 6.43. The van der Waals surface area contributed by atoms with E-state index in [0.29, 0.717) is 12.4 Å². The van der Waals surface area contributed by atoms with Gasteiger partial charge in [0, 0.05) is 6.54 Å². The van der Waals surface area contributed by atoms with Gasteiger partial charge in [-0.3, -0.25) is 4.68 Å². The van der Waals surface area contributed by atoms with Crippen LogP contribution in [-0.4, -0.2) is 20.9 Å². The Morgan fingerprint density at radius 2 is 2.10 bits per heavy atom. The first-order valence-electron chi connectivity index (χ1n) is 7.07. The first kappa shape index (κ1) is 15.1. The summed E-state index contributed by atoms with van der Waals surface area (Å²) in [6.07, 6.45) is 0.895. The van der Waals surface area contributed by atoms with Crippen LogP contribution in [0.25, 0.3) is 0 Å². The molecule has 2 aromatic rings. The summed E-state index contributed by atoms with van der Waals surface area (Å²) < 4.78 is 7.73. The standard InChI is InChI=1S/C16H20N2O3/c1-4-13-9-14(18(5-2)17-13)10-21-15-7-6-12(16(19)20)8-11(15)3/h6-9H,4-5,10H2,1-3H3,(H,19,20). The highest BCUT2D eigenvalue weighted by atomic mass is 16.5.